The van der Waals surface area contributed by atoms with Crippen molar-refractivity contribution in [2.75, 3.05) is 27.2 Å². The van der Waals surface area contributed by atoms with Crippen LogP contribution in [0.1, 0.15) is 33.1 Å². The summed E-state index contributed by atoms with van der Waals surface area (Å²) in [4.78, 5) is 24.6. The van der Waals surface area contributed by atoms with E-state index in [1.807, 2.05) is 32.8 Å². The summed E-state index contributed by atoms with van der Waals surface area (Å²) >= 11 is 0. The second kappa shape index (κ2) is 8.98. The van der Waals surface area contributed by atoms with Gasteiger partial charge in [0.1, 0.15) is 0 Å². The summed E-state index contributed by atoms with van der Waals surface area (Å²) in [6, 6.07) is 0. The van der Waals surface area contributed by atoms with Crippen molar-refractivity contribution in [3.8, 4) is 0 Å². The monoisotopic (exact) mass is 244 g/mol. The number of carbonyl (C=O) groups is 2. The first kappa shape index (κ1) is 15.9. The van der Waals surface area contributed by atoms with E-state index in [9.17, 15) is 9.59 Å². The molecule has 1 atom stereocenters. The van der Waals surface area contributed by atoms with Crippen molar-refractivity contribution in [3.05, 3.63) is 0 Å². The maximum atomic E-state index is 11.3. The maximum absolute atomic E-state index is 11.3. The van der Waals surface area contributed by atoms with E-state index in [0.717, 1.165) is 13.0 Å². The number of hydrogen-bond donors (Lipinski definition) is 1. The van der Waals surface area contributed by atoms with Crippen molar-refractivity contribution in [3.63, 3.8) is 0 Å². The van der Waals surface area contributed by atoms with Crippen LogP contribution in [-0.4, -0.2) is 50.1 Å². The van der Waals surface area contributed by atoms with Crippen LogP contribution in [0.15, 0.2) is 0 Å². The lowest BCUT2D eigenvalue weighted by Crippen LogP contribution is -2.31. The number of ether oxygens (including phenoxy) is 1. The zero-order valence-electron chi connectivity index (χ0n) is 11.3. The van der Waals surface area contributed by atoms with E-state index < -0.39 is 0 Å². The van der Waals surface area contributed by atoms with Crippen LogP contribution in [0, 0.1) is 0 Å². The van der Waals surface area contributed by atoms with Gasteiger partial charge in [0, 0.05) is 19.5 Å². The van der Waals surface area contributed by atoms with Crippen LogP contribution in [0.25, 0.3) is 0 Å². The minimum absolute atomic E-state index is 0.0701. The zero-order valence-corrected chi connectivity index (χ0v) is 11.3. The molecule has 0 heterocycles. The second-order valence-corrected chi connectivity index (χ2v) is 4.36. The molecule has 0 saturated heterocycles. The third kappa shape index (κ3) is 9.81. The Kier molecular flexibility index (Phi) is 8.40. The fraction of sp³-hybridized carbons (Fsp3) is 0.833. The Hall–Kier alpha value is -1.10. The predicted molar refractivity (Wildman–Crippen MR) is 66.6 cm³/mol. The van der Waals surface area contributed by atoms with E-state index in [0.29, 0.717) is 6.54 Å². The third-order valence-electron chi connectivity index (χ3n) is 2.34. The van der Waals surface area contributed by atoms with Crippen LogP contribution in [-0.2, 0) is 14.3 Å². The van der Waals surface area contributed by atoms with Gasteiger partial charge in [-0.1, -0.05) is 6.92 Å². The van der Waals surface area contributed by atoms with Gasteiger partial charge in [0.05, 0.1) is 12.5 Å². The minimum atomic E-state index is -0.304. The van der Waals surface area contributed by atoms with Gasteiger partial charge < -0.3 is 15.0 Å². The molecular formula is C12H24N2O3. The minimum Gasteiger partial charge on any atom is -0.463 e. The van der Waals surface area contributed by atoms with Crippen LogP contribution in [0.2, 0.25) is 0 Å². The van der Waals surface area contributed by atoms with Gasteiger partial charge in [-0.2, -0.15) is 0 Å². The quantitative estimate of drug-likeness (QED) is 0.641. The lowest BCUT2D eigenvalue weighted by molar-refractivity contribution is -0.149. The SMILES string of the molecule is CC[C@@H](C)OC(=O)CCC(=O)NCCN(C)C. The highest BCUT2D eigenvalue weighted by atomic mass is 16.5. The molecule has 0 aromatic rings. The Morgan fingerprint density at radius 3 is 2.47 bits per heavy atom. The largest absolute Gasteiger partial charge is 0.463 e. The van der Waals surface area contributed by atoms with Gasteiger partial charge in [-0.15, -0.1) is 0 Å². The van der Waals surface area contributed by atoms with E-state index in [2.05, 4.69) is 5.32 Å². The standard InChI is InChI=1S/C12H24N2O3/c1-5-10(2)17-12(16)7-6-11(15)13-8-9-14(3)4/h10H,5-9H2,1-4H3,(H,13,15)/t10-/m1/s1. The van der Waals surface area contributed by atoms with Crippen molar-refractivity contribution in [2.45, 2.75) is 39.2 Å². The third-order valence-corrected chi connectivity index (χ3v) is 2.34. The average molecular weight is 244 g/mol. The van der Waals surface area contributed by atoms with Gasteiger partial charge in [-0.25, -0.2) is 0 Å². The highest BCUT2D eigenvalue weighted by Crippen LogP contribution is 2.00. The van der Waals surface area contributed by atoms with Crippen LogP contribution >= 0.6 is 0 Å². The van der Waals surface area contributed by atoms with Crippen LogP contribution in [0.4, 0.5) is 0 Å². The highest BCUT2D eigenvalue weighted by molar-refractivity contribution is 5.81. The van der Waals surface area contributed by atoms with Crippen molar-refractivity contribution in [1.82, 2.24) is 10.2 Å². The van der Waals surface area contributed by atoms with Crippen molar-refractivity contribution < 1.29 is 14.3 Å². The van der Waals surface area contributed by atoms with Gasteiger partial charge in [0.25, 0.3) is 0 Å². The molecule has 0 aliphatic heterocycles. The Morgan fingerprint density at radius 1 is 1.29 bits per heavy atom. The van der Waals surface area contributed by atoms with Crippen molar-refractivity contribution in [2.24, 2.45) is 0 Å². The Labute approximate surface area is 103 Å². The smallest absolute Gasteiger partial charge is 0.306 e. The molecule has 5 heteroatoms. The number of esters is 1. The molecule has 0 spiro atoms. The first-order valence-electron chi connectivity index (χ1n) is 6.06. The van der Waals surface area contributed by atoms with E-state index in [4.69, 9.17) is 4.74 Å². The van der Waals surface area contributed by atoms with Crippen LogP contribution in [0.5, 0.6) is 0 Å². The molecule has 0 aliphatic carbocycles. The summed E-state index contributed by atoms with van der Waals surface area (Å²) in [5.74, 6) is -0.407. The molecule has 1 N–H and O–H groups in total. The molecule has 1 amide bonds. The van der Waals surface area contributed by atoms with Crippen molar-refractivity contribution >= 4 is 11.9 Å². The first-order chi connectivity index (χ1) is 7.95. The maximum Gasteiger partial charge on any atom is 0.306 e. The number of carbonyl (C=O) groups excluding carboxylic acids is 2. The fourth-order valence-corrected chi connectivity index (χ4v) is 1.09. The lowest BCUT2D eigenvalue weighted by Gasteiger charge is -2.11. The Bertz CT molecular complexity index is 242. The van der Waals surface area contributed by atoms with Gasteiger partial charge in [-0.3, -0.25) is 9.59 Å². The molecule has 0 rings (SSSR count). The second-order valence-electron chi connectivity index (χ2n) is 4.36. The summed E-state index contributed by atoms with van der Waals surface area (Å²) in [6.07, 6.45) is 1.07. The van der Waals surface area contributed by atoms with E-state index >= 15 is 0 Å². The lowest BCUT2D eigenvalue weighted by atomic mass is 10.3. The predicted octanol–water partition coefficient (Wildman–Crippen LogP) is 0.786. The Balaban J connectivity index is 3.59. The fourth-order valence-electron chi connectivity index (χ4n) is 1.09. The van der Waals surface area contributed by atoms with Crippen molar-refractivity contribution in [1.29, 1.82) is 0 Å². The van der Waals surface area contributed by atoms with Crippen LogP contribution < -0.4 is 5.32 Å². The normalized spacial score (nSPS) is 12.3. The van der Waals surface area contributed by atoms with Gasteiger partial charge in [0.2, 0.25) is 5.91 Å². The molecule has 0 aliphatic rings. The molecule has 0 radical (unpaired) electrons. The number of nitrogens with one attached hydrogen (secondary N) is 1. The van der Waals surface area contributed by atoms with E-state index in [-0.39, 0.29) is 30.8 Å². The molecule has 0 saturated carbocycles. The number of likely N-dealkylation sites (N-methyl/N-ethyl adjacent to an activating group) is 1. The van der Waals surface area contributed by atoms with Gasteiger partial charge >= 0.3 is 5.97 Å². The molecule has 0 aromatic carbocycles. The first-order valence-corrected chi connectivity index (χ1v) is 6.06. The molecule has 0 unspecified atom stereocenters. The molecule has 100 valence electrons. The molecule has 0 bridgehead atoms. The van der Waals surface area contributed by atoms with E-state index in [1.165, 1.54) is 0 Å². The number of rotatable bonds is 8. The van der Waals surface area contributed by atoms with E-state index in [1.54, 1.807) is 0 Å². The summed E-state index contributed by atoms with van der Waals surface area (Å²) in [5.41, 5.74) is 0. The summed E-state index contributed by atoms with van der Waals surface area (Å²) < 4.78 is 5.07. The molecule has 0 fully saturated rings. The molecule has 5 nitrogen and oxygen atoms in total. The summed E-state index contributed by atoms with van der Waals surface area (Å²) in [6.45, 7) is 5.19. The molecular weight excluding hydrogens is 220 g/mol. The number of amides is 1. The summed E-state index contributed by atoms with van der Waals surface area (Å²) in [5, 5.41) is 2.75. The Morgan fingerprint density at radius 2 is 1.94 bits per heavy atom. The molecule has 0 aromatic heterocycles. The average Bonchev–Trinajstić information content (AvgIpc) is 2.25. The molecule has 17 heavy (non-hydrogen) atoms. The van der Waals surface area contributed by atoms with Gasteiger partial charge in [-0.05, 0) is 27.4 Å². The summed E-state index contributed by atoms with van der Waals surface area (Å²) in [7, 11) is 3.88. The van der Waals surface area contributed by atoms with Crippen LogP contribution in [0.3, 0.4) is 0 Å². The topological polar surface area (TPSA) is 58.6 Å². The zero-order chi connectivity index (χ0) is 13.3. The highest BCUT2D eigenvalue weighted by Gasteiger charge is 2.10. The van der Waals surface area contributed by atoms with Gasteiger partial charge in [0.15, 0.2) is 0 Å². The number of hydrogen-bond acceptors (Lipinski definition) is 4. The number of nitrogens with zero attached hydrogens (tertiary/aromatic N) is 1.